The quantitative estimate of drug-likeness (QED) is 0.484. The average molecular weight is 268 g/mol. The molecule has 1 saturated heterocycles. The Morgan fingerprint density at radius 2 is 1.58 bits per heavy atom. The minimum absolute atomic E-state index is 0.0460. The highest BCUT2D eigenvalue weighted by molar-refractivity contribution is 6.07. The molecule has 0 saturated carbocycles. The van der Waals surface area contributed by atoms with Gasteiger partial charge in [0.25, 0.3) is 5.91 Å². The maximum absolute atomic E-state index is 12.5. The summed E-state index contributed by atoms with van der Waals surface area (Å²) in [5, 5.41) is 18.0. The van der Waals surface area contributed by atoms with Gasteiger partial charge in [-0.1, -0.05) is 12.2 Å². The van der Waals surface area contributed by atoms with E-state index in [9.17, 15) is 9.59 Å². The van der Waals surface area contributed by atoms with Crippen LogP contribution in [0.4, 0.5) is 4.79 Å². The van der Waals surface area contributed by atoms with Crippen LogP contribution < -0.4 is 0 Å². The van der Waals surface area contributed by atoms with Gasteiger partial charge in [-0.05, 0) is 12.8 Å². The van der Waals surface area contributed by atoms with Gasteiger partial charge < -0.3 is 15.1 Å². The van der Waals surface area contributed by atoms with Crippen LogP contribution in [0, 0.1) is 0 Å². The SMILES string of the molecule is C=CCC1(CC=C)C(=O)N(CCO)C(=O)N1CCO. The monoisotopic (exact) mass is 268 g/mol. The number of carbonyl (C=O) groups is 2. The van der Waals surface area contributed by atoms with Crippen LogP contribution in [0.5, 0.6) is 0 Å². The molecule has 0 aromatic heterocycles. The Morgan fingerprint density at radius 1 is 1.05 bits per heavy atom. The van der Waals surface area contributed by atoms with Crippen LogP contribution in [-0.2, 0) is 4.79 Å². The van der Waals surface area contributed by atoms with Gasteiger partial charge in [-0.3, -0.25) is 9.69 Å². The van der Waals surface area contributed by atoms with Crippen molar-refractivity contribution in [1.82, 2.24) is 9.80 Å². The maximum atomic E-state index is 12.5. The minimum Gasteiger partial charge on any atom is -0.395 e. The Labute approximate surface area is 112 Å². The lowest BCUT2D eigenvalue weighted by atomic mass is 9.89. The number of rotatable bonds is 8. The van der Waals surface area contributed by atoms with Crippen LogP contribution in [0.1, 0.15) is 12.8 Å². The molecule has 1 aliphatic rings. The second-order valence-corrected chi connectivity index (χ2v) is 4.36. The lowest BCUT2D eigenvalue weighted by Crippen LogP contribution is -2.50. The Hall–Kier alpha value is -1.66. The molecule has 106 valence electrons. The molecule has 0 bridgehead atoms. The number of aliphatic hydroxyl groups is 2. The molecule has 0 atom stereocenters. The van der Waals surface area contributed by atoms with Gasteiger partial charge in [-0.2, -0.15) is 0 Å². The second-order valence-electron chi connectivity index (χ2n) is 4.36. The van der Waals surface area contributed by atoms with Crippen molar-refractivity contribution < 1.29 is 19.8 Å². The molecule has 0 unspecified atom stereocenters. The number of urea groups is 1. The number of hydrogen-bond acceptors (Lipinski definition) is 4. The summed E-state index contributed by atoms with van der Waals surface area (Å²) in [6.45, 7) is 6.74. The van der Waals surface area contributed by atoms with E-state index in [0.29, 0.717) is 0 Å². The summed E-state index contributed by atoms with van der Waals surface area (Å²) < 4.78 is 0. The first kappa shape index (κ1) is 15.4. The number of nitrogens with zero attached hydrogens (tertiary/aromatic N) is 2. The van der Waals surface area contributed by atoms with E-state index < -0.39 is 11.6 Å². The van der Waals surface area contributed by atoms with E-state index in [4.69, 9.17) is 10.2 Å². The zero-order valence-electron chi connectivity index (χ0n) is 10.9. The molecule has 6 nitrogen and oxygen atoms in total. The summed E-state index contributed by atoms with van der Waals surface area (Å²) in [6.07, 6.45) is 3.71. The molecule has 1 rings (SSSR count). The molecular weight excluding hydrogens is 248 g/mol. The minimum atomic E-state index is -1.07. The highest BCUT2D eigenvalue weighted by Crippen LogP contribution is 2.34. The van der Waals surface area contributed by atoms with E-state index in [1.165, 1.54) is 4.90 Å². The van der Waals surface area contributed by atoms with Crippen molar-refractivity contribution in [3.63, 3.8) is 0 Å². The highest BCUT2D eigenvalue weighted by Gasteiger charge is 2.55. The van der Waals surface area contributed by atoms with Gasteiger partial charge >= 0.3 is 6.03 Å². The number of aliphatic hydroxyl groups excluding tert-OH is 2. The fourth-order valence-corrected chi connectivity index (χ4v) is 2.45. The molecule has 3 amide bonds. The zero-order valence-corrected chi connectivity index (χ0v) is 10.9. The molecule has 6 heteroatoms. The number of imide groups is 1. The summed E-state index contributed by atoms with van der Waals surface area (Å²) in [4.78, 5) is 27.0. The van der Waals surface area contributed by atoms with Gasteiger partial charge in [-0.15, -0.1) is 13.2 Å². The van der Waals surface area contributed by atoms with E-state index in [1.54, 1.807) is 12.2 Å². The fourth-order valence-electron chi connectivity index (χ4n) is 2.45. The van der Waals surface area contributed by atoms with Gasteiger partial charge in [0.2, 0.25) is 0 Å². The molecule has 0 aromatic carbocycles. The summed E-state index contributed by atoms with van der Waals surface area (Å²) in [7, 11) is 0. The first-order valence-electron chi connectivity index (χ1n) is 6.16. The lowest BCUT2D eigenvalue weighted by Gasteiger charge is -2.33. The predicted molar refractivity (Wildman–Crippen MR) is 70.3 cm³/mol. The van der Waals surface area contributed by atoms with Gasteiger partial charge in [0.1, 0.15) is 5.54 Å². The number of hydrogen-bond donors (Lipinski definition) is 2. The van der Waals surface area contributed by atoms with Crippen LogP contribution in [0.25, 0.3) is 0 Å². The molecule has 0 aliphatic carbocycles. The van der Waals surface area contributed by atoms with E-state index in [0.717, 1.165) is 4.90 Å². The van der Waals surface area contributed by atoms with E-state index in [-0.39, 0.29) is 45.1 Å². The number of β-amino-alcohol motifs (C(OH)–C–C–N with tert-alkyl or cyclic N) is 2. The third-order valence-corrected chi connectivity index (χ3v) is 3.23. The molecule has 0 aromatic rings. The van der Waals surface area contributed by atoms with Crippen LogP contribution in [0.3, 0.4) is 0 Å². The van der Waals surface area contributed by atoms with Crippen molar-refractivity contribution in [3.05, 3.63) is 25.3 Å². The van der Waals surface area contributed by atoms with Gasteiger partial charge in [-0.25, -0.2) is 4.79 Å². The third kappa shape index (κ3) is 2.54. The molecule has 0 spiro atoms. The van der Waals surface area contributed by atoms with Crippen LogP contribution in [0.2, 0.25) is 0 Å². The van der Waals surface area contributed by atoms with Gasteiger partial charge in [0.15, 0.2) is 0 Å². The summed E-state index contributed by atoms with van der Waals surface area (Å²) >= 11 is 0. The molecule has 0 radical (unpaired) electrons. The fraction of sp³-hybridized carbons (Fsp3) is 0.538. The number of carbonyl (C=O) groups excluding carboxylic acids is 2. The first-order chi connectivity index (χ1) is 9.08. The van der Waals surface area contributed by atoms with Crippen molar-refractivity contribution in [1.29, 1.82) is 0 Å². The summed E-state index contributed by atoms with van der Waals surface area (Å²) in [5.41, 5.74) is -1.07. The number of amides is 3. The normalized spacial score (nSPS) is 18.0. The van der Waals surface area contributed by atoms with Crippen molar-refractivity contribution in [3.8, 4) is 0 Å². The molecular formula is C13H20N2O4. The van der Waals surface area contributed by atoms with Crippen LogP contribution >= 0.6 is 0 Å². The maximum Gasteiger partial charge on any atom is 0.327 e. The standard InChI is InChI=1S/C13H20N2O4/c1-3-5-13(6-4-2)11(18)14(7-9-16)12(19)15(13)8-10-17/h3-4,16-17H,1-2,5-10H2. The smallest absolute Gasteiger partial charge is 0.327 e. The molecule has 2 N–H and O–H groups in total. The van der Waals surface area contributed by atoms with Crippen molar-refractivity contribution >= 4 is 11.9 Å². The van der Waals surface area contributed by atoms with Crippen molar-refractivity contribution in [2.75, 3.05) is 26.3 Å². The first-order valence-corrected chi connectivity index (χ1v) is 6.16. The Balaban J connectivity index is 3.20. The predicted octanol–water partition coefficient (Wildman–Crippen LogP) is 0.126. The molecule has 1 aliphatic heterocycles. The van der Waals surface area contributed by atoms with Crippen LogP contribution in [-0.4, -0.2) is 63.8 Å². The van der Waals surface area contributed by atoms with E-state index >= 15 is 0 Å². The van der Waals surface area contributed by atoms with Gasteiger partial charge in [0, 0.05) is 6.54 Å². The third-order valence-electron chi connectivity index (χ3n) is 3.23. The highest BCUT2D eigenvalue weighted by atomic mass is 16.3. The Morgan fingerprint density at radius 3 is 2.00 bits per heavy atom. The molecule has 1 heterocycles. The van der Waals surface area contributed by atoms with Gasteiger partial charge in [0.05, 0.1) is 19.8 Å². The lowest BCUT2D eigenvalue weighted by molar-refractivity contribution is -0.133. The average Bonchev–Trinajstić information content (AvgIpc) is 2.56. The summed E-state index contributed by atoms with van der Waals surface area (Å²) in [6, 6.07) is -0.489. The van der Waals surface area contributed by atoms with E-state index in [2.05, 4.69) is 13.2 Å². The topological polar surface area (TPSA) is 81.1 Å². The Kier molecular flexibility index (Phi) is 5.26. The van der Waals surface area contributed by atoms with Crippen molar-refractivity contribution in [2.24, 2.45) is 0 Å². The van der Waals surface area contributed by atoms with Crippen molar-refractivity contribution in [2.45, 2.75) is 18.4 Å². The molecule has 1 fully saturated rings. The molecule has 19 heavy (non-hydrogen) atoms. The largest absolute Gasteiger partial charge is 0.395 e. The Bertz CT molecular complexity index is 371. The van der Waals surface area contributed by atoms with Crippen LogP contribution in [0.15, 0.2) is 25.3 Å². The van der Waals surface area contributed by atoms with E-state index in [1.807, 2.05) is 0 Å². The zero-order chi connectivity index (χ0) is 14.5. The summed E-state index contributed by atoms with van der Waals surface area (Å²) in [5.74, 6) is -0.375. The second kappa shape index (κ2) is 6.49.